The Hall–Kier alpha value is -2.89. The minimum absolute atomic E-state index is 0.0459. The maximum atomic E-state index is 12.5. The topological polar surface area (TPSA) is 204 Å². The Labute approximate surface area is 183 Å². The van der Waals surface area contributed by atoms with Crippen molar-refractivity contribution in [2.45, 2.75) is 70.6 Å². The first-order valence-corrected chi connectivity index (χ1v) is 10.3. The number of hydrogen-bond acceptors (Lipinski definition) is 7. The summed E-state index contributed by atoms with van der Waals surface area (Å²) < 4.78 is 5.18. The molecule has 0 saturated carbocycles. The molecule has 0 rings (SSSR count). The molecule has 9 N–H and O–H groups in total. The van der Waals surface area contributed by atoms with Gasteiger partial charge in [0.05, 0.1) is 12.6 Å². The number of hydrogen-bond donors (Lipinski definition) is 6. The molecule has 178 valence electrons. The lowest BCUT2D eigenvalue weighted by Gasteiger charge is -2.23. The summed E-state index contributed by atoms with van der Waals surface area (Å²) >= 11 is 0. The number of carbonyl (C=O) groups excluding carboxylic acids is 4. The highest BCUT2D eigenvalue weighted by molar-refractivity contribution is 5.90. The summed E-state index contributed by atoms with van der Waals surface area (Å²) in [5.74, 6) is -1.12. The number of nitrogens with one attached hydrogen (secondary N) is 3. The van der Waals surface area contributed by atoms with E-state index in [1.54, 1.807) is 20.8 Å². The second-order valence-electron chi connectivity index (χ2n) is 7.96. The first-order valence-electron chi connectivity index (χ1n) is 10.3. The van der Waals surface area contributed by atoms with E-state index < -0.39 is 35.6 Å². The van der Waals surface area contributed by atoms with Gasteiger partial charge in [-0.3, -0.25) is 14.6 Å². The van der Waals surface area contributed by atoms with Crippen LogP contribution in [0.25, 0.3) is 0 Å². The van der Waals surface area contributed by atoms with Crippen molar-refractivity contribution >= 4 is 30.2 Å². The van der Waals surface area contributed by atoms with Gasteiger partial charge in [-0.15, -0.1) is 0 Å². The molecule has 0 aromatic carbocycles. The monoisotopic (exact) mass is 443 g/mol. The fraction of sp³-hybridized carbons (Fsp3) is 0.737. The largest absolute Gasteiger partial charge is 0.444 e. The van der Waals surface area contributed by atoms with E-state index >= 15 is 0 Å². The van der Waals surface area contributed by atoms with Crippen LogP contribution in [0.5, 0.6) is 0 Å². The van der Waals surface area contributed by atoms with Gasteiger partial charge in [-0.1, -0.05) is 0 Å². The highest BCUT2D eigenvalue weighted by Crippen LogP contribution is 2.08. The van der Waals surface area contributed by atoms with Crippen molar-refractivity contribution in [3.8, 4) is 0 Å². The van der Waals surface area contributed by atoms with Crippen molar-refractivity contribution in [2.75, 3.05) is 19.6 Å². The van der Waals surface area contributed by atoms with Crippen LogP contribution in [0.4, 0.5) is 4.79 Å². The van der Waals surface area contributed by atoms with Crippen LogP contribution in [-0.2, 0) is 19.1 Å². The third kappa shape index (κ3) is 15.6. The normalized spacial score (nSPS) is 12.8. The Morgan fingerprint density at radius 3 is 2.29 bits per heavy atom. The molecule has 31 heavy (non-hydrogen) atoms. The molecule has 0 heterocycles. The van der Waals surface area contributed by atoms with Gasteiger partial charge in [-0.05, 0) is 59.4 Å². The highest BCUT2D eigenvalue weighted by Gasteiger charge is 2.24. The van der Waals surface area contributed by atoms with Gasteiger partial charge in [0.25, 0.3) is 0 Å². The summed E-state index contributed by atoms with van der Waals surface area (Å²) in [4.78, 5) is 51.5. The minimum atomic E-state index is -0.879. The fourth-order valence-electron chi connectivity index (χ4n) is 2.45. The first kappa shape index (κ1) is 28.1. The van der Waals surface area contributed by atoms with E-state index in [2.05, 4.69) is 20.9 Å². The second kappa shape index (κ2) is 15.0. The molecule has 0 aliphatic carbocycles. The second-order valence-corrected chi connectivity index (χ2v) is 7.96. The average molecular weight is 444 g/mol. The van der Waals surface area contributed by atoms with Crippen LogP contribution in [0, 0.1) is 0 Å². The molecule has 0 fully saturated rings. The Morgan fingerprint density at radius 2 is 1.74 bits per heavy atom. The van der Waals surface area contributed by atoms with Gasteiger partial charge >= 0.3 is 6.09 Å². The summed E-state index contributed by atoms with van der Waals surface area (Å²) in [6, 6.07) is -1.60. The number of nitrogens with zero attached hydrogens (tertiary/aromatic N) is 1. The number of guanidine groups is 1. The molecule has 0 spiro atoms. The van der Waals surface area contributed by atoms with Crippen LogP contribution in [0.1, 0.15) is 52.9 Å². The predicted octanol–water partition coefficient (Wildman–Crippen LogP) is -1.14. The summed E-state index contributed by atoms with van der Waals surface area (Å²) in [5.41, 5.74) is 15.2. The summed E-state index contributed by atoms with van der Waals surface area (Å²) in [6.45, 7) is 5.57. The smallest absolute Gasteiger partial charge is 0.408 e. The van der Waals surface area contributed by atoms with E-state index in [4.69, 9.17) is 21.9 Å². The van der Waals surface area contributed by atoms with Gasteiger partial charge in [0, 0.05) is 6.54 Å². The Balaban J connectivity index is 4.64. The Bertz CT molecular complexity index is 615. The molecule has 0 bridgehead atoms. The first-order chi connectivity index (χ1) is 14.5. The molecule has 0 unspecified atom stereocenters. The standard InChI is InChI=1S/C19H37N7O5/c1-19(2,3)31-18(30)26-14(8-4-5-9-20)16(29)24-11-15(28)25-13(12-27)7-6-10-23-17(21)22/h12-14H,4-11,20H2,1-3H3,(H,24,29)(H,25,28)(H,26,30)(H4,21,22,23)/t13-,14+/m0/s1. The van der Waals surface area contributed by atoms with Gasteiger partial charge < -0.3 is 42.7 Å². The van der Waals surface area contributed by atoms with E-state index in [9.17, 15) is 19.2 Å². The molecule has 0 saturated heterocycles. The molecular formula is C19H37N7O5. The molecule has 0 aromatic rings. The number of unbranched alkanes of at least 4 members (excludes halogenated alkanes) is 1. The van der Waals surface area contributed by atoms with Gasteiger partial charge in [0.15, 0.2) is 5.96 Å². The average Bonchev–Trinajstić information content (AvgIpc) is 2.66. The van der Waals surface area contributed by atoms with Crippen molar-refractivity contribution in [2.24, 2.45) is 22.2 Å². The van der Waals surface area contributed by atoms with Crippen molar-refractivity contribution in [1.29, 1.82) is 0 Å². The predicted molar refractivity (Wildman–Crippen MR) is 117 cm³/mol. The number of carbonyl (C=O) groups is 4. The third-order valence-corrected chi connectivity index (χ3v) is 3.86. The molecule has 2 atom stereocenters. The third-order valence-electron chi connectivity index (χ3n) is 3.86. The molecular weight excluding hydrogens is 406 g/mol. The van der Waals surface area contributed by atoms with E-state index in [-0.39, 0.29) is 12.5 Å². The molecule has 0 aliphatic rings. The molecule has 12 nitrogen and oxygen atoms in total. The zero-order valence-electron chi connectivity index (χ0n) is 18.6. The number of ether oxygens (including phenoxy) is 1. The number of nitrogens with two attached hydrogens (primary N) is 3. The highest BCUT2D eigenvalue weighted by atomic mass is 16.6. The molecule has 12 heteroatoms. The van der Waals surface area contributed by atoms with E-state index in [1.807, 2.05) is 0 Å². The van der Waals surface area contributed by atoms with Crippen LogP contribution in [0.2, 0.25) is 0 Å². The van der Waals surface area contributed by atoms with E-state index in [1.165, 1.54) is 0 Å². The molecule has 0 aliphatic heterocycles. The zero-order valence-corrected chi connectivity index (χ0v) is 18.6. The van der Waals surface area contributed by atoms with Crippen LogP contribution >= 0.6 is 0 Å². The zero-order chi connectivity index (χ0) is 23.9. The van der Waals surface area contributed by atoms with Gasteiger partial charge in [-0.25, -0.2) is 4.79 Å². The van der Waals surface area contributed by atoms with Crippen LogP contribution in [0.15, 0.2) is 4.99 Å². The van der Waals surface area contributed by atoms with E-state index in [0.29, 0.717) is 51.5 Å². The fourth-order valence-corrected chi connectivity index (χ4v) is 2.45. The molecule has 3 amide bonds. The van der Waals surface area contributed by atoms with E-state index in [0.717, 1.165) is 0 Å². The maximum Gasteiger partial charge on any atom is 0.408 e. The van der Waals surface area contributed by atoms with Crippen LogP contribution in [-0.4, -0.2) is 67.5 Å². The van der Waals surface area contributed by atoms with Gasteiger partial charge in [0.1, 0.15) is 17.9 Å². The lowest BCUT2D eigenvalue weighted by atomic mass is 10.1. The number of amides is 3. The number of rotatable bonds is 14. The molecule has 0 radical (unpaired) electrons. The van der Waals surface area contributed by atoms with Gasteiger partial charge in [-0.2, -0.15) is 0 Å². The number of aliphatic imine (C=N–C) groups is 1. The minimum Gasteiger partial charge on any atom is -0.444 e. The number of aldehydes is 1. The molecule has 0 aromatic heterocycles. The lowest BCUT2D eigenvalue weighted by Crippen LogP contribution is -2.50. The number of alkyl carbamates (subject to hydrolysis) is 1. The van der Waals surface area contributed by atoms with Crippen molar-refractivity contribution in [3.05, 3.63) is 0 Å². The Kier molecular flexibility index (Phi) is 13.6. The van der Waals surface area contributed by atoms with Crippen molar-refractivity contribution in [3.63, 3.8) is 0 Å². The van der Waals surface area contributed by atoms with Crippen LogP contribution in [0.3, 0.4) is 0 Å². The lowest BCUT2D eigenvalue weighted by molar-refractivity contribution is -0.128. The van der Waals surface area contributed by atoms with Crippen molar-refractivity contribution < 1.29 is 23.9 Å². The summed E-state index contributed by atoms with van der Waals surface area (Å²) in [6.07, 6.45) is 2.35. The Morgan fingerprint density at radius 1 is 1.06 bits per heavy atom. The quantitative estimate of drug-likeness (QED) is 0.0835. The van der Waals surface area contributed by atoms with Gasteiger partial charge in [0.2, 0.25) is 11.8 Å². The summed E-state index contributed by atoms with van der Waals surface area (Å²) in [5, 5.41) is 7.49. The van der Waals surface area contributed by atoms with Crippen LogP contribution < -0.4 is 33.2 Å². The summed E-state index contributed by atoms with van der Waals surface area (Å²) in [7, 11) is 0. The maximum absolute atomic E-state index is 12.5. The van der Waals surface area contributed by atoms with Crippen molar-refractivity contribution in [1.82, 2.24) is 16.0 Å². The SMILES string of the molecule is CC(C)(C)OC(=O)N[C@H](CCCCN)C(=O)NCC(=O)N[C@H](C=O)CCCN=C(N)N.